The van der Waals surface area contributed by atoms with E-state index < -0.39 is 0 Å². The molecule has 9 heteroatoms. The molecule has 38 heavy (non-hydrogen) atoms. The number of aliphatic hydroxyl groups is 1. The molecule has 1 aromatic heterocycles. The van der Waals surface area contributed by atoms with Gasteiger partial charge >= 0.3 is 0 Å². The second kappa shape index (κ2) is 16.7. The number of nitrogens with zero attached hydrogens (tertiary/aromatic N) is 1. The Morgan fingerprint density at radius 3 is 2.68 bits per heavy atom. The molecule has 0 radical (unpaired) electrons. The number of carbonyl (C=O) groups is 1. The number of hydrogen-bond donors (Lipinski definition) is 5. The summed E-state index contributed by atoms with van der Waals surface area (Å²) in [6.07, 6.45) is 7.95. The van der Waals surface area contributed by atoms with E-state index >= 15 is 0 Å². The number of aromatic hydroxyl groups is 1. The molecular weight excluding hydrogens is 484 g/mol. The van der Waals surface area contributed by atoms with Crippen molar-refractivity contribution in [1.29, 1.82) is 0 Å². The number of H-pyrrole nitrogens is 1. The van der Waals surface area contributed by atoms with Crippen molar-refractivity contribution in [1.82, 2.24) is 9.88 Å². The predicted octanol–water partition coefficient (Wildman–Crippen LogP) is 3.29. The van der Waals surface area contributed by atoms with E-state index in [2.05, 4.69) is 30.6 Å². The molecule has 0 saturated carbocycles. The first-order chi connectivity index (χ1) is 18.3. The van der Waals surface area contributed by atoms with E-state index in [4.69, 9.17) is 25.7 Å². The van der Waals surface area contributed by atoms with E-state index in [1.807, 2.05) is 12.1 Å². The van der Waals surface area contributed by atoms with Gasteiger partial charge in [-0.2, -0.15) is 0 Å². The molecule has 3 rings (SSSR count). The highest BCUT2D eigenvalue weighted by Gasteiger charge is 2.23. The zero-order valence-corrected chi connectivity index (χ0v) is 22.7. The number of allylic oxidation sites excluding steroid dienone is 1. The third kappa shape index (κ3) is 9.64. The molecule has 2 aromatic rings. The van der Waals surface area contributed by atoms with Gasteiger partial charge in [0.25, 0.3) is 0 Å². The van der Waals surface area contributed by atoms with E-state index in [1.165, 1.54) is 6.08 Å². The van der Waals surface area contributed by atoms with Crippen LogP contribution in [0.15, 0.2) is 36.9 Å². The van der Waals surface area contributed by atoms with Crippen LogP contribution in [0.2, 0.25) is 0 Å². The van der Waals surface area contributed by atoms with Crippen molar-refractivity contribution in [2.45, 2.75) is 44.1 Å². The smallest absolute Gasteiger partial charge is 0.142 e. The number of para-hydroxylation sites is 1. The second-order valence-corrected chi connectivity index (χ2v) is 9.59. The lowest BCUT2D eigenvalue weighted by atomic mass is 9.91. The monoisotopic (exact) mass is 528 g/mol. The highest BCUT2D eigenvalue weighted by atomic mass is 16.5. The maximum absolute atomic E-state index is 10.2. The van der Waals surface area contributed by atoms with Gasteiger partial charge in [-0.25, -0.2) is 0 Å². The topological polar surface area (TPSA) is 147 Å². The van der Waals surface area contributed by atoms with Gasteiger partial charge in [-0.15, -0.1) is 0 Å². The van der Waals surface area contributed by atoms with Crippen LogP contribution in [0.25, 0.3) is 11.8 Å². The minimum Gasteiger partial charge on any atom is -0.507 e. The molecule has 0 amide bonds. The molecule has 0 bridgehead atoms. The van der Waals surface area contributed by atoms with Gasteiger partial charge in [0, 0.05) is 41.6 Å². The average Bonchev–Trinajstić information content (AvgIpc) is 3.52. The van der Waals surface area contributed by atoms with Gasteiger partial charge in [-0.05, 0) is 82.6 Å². The van der Waals surface area contributed by atoms with Crippen molar-refractivity contribution in [2.24, 2.45) is 5.73 Å². The van der Waals surface area contributed by atoms with Crippen LogP contribution < -0.4 is 11.5 Å². The third-order valence-corrected chi connectivity index (χ3v) is 6.46. The van der Waals surface area contributed by atoms with E-state index in [-0.39, 0.29) is 24.4 Å². The molecule has 1 saturated heterocycles. The summed E-state index contributed by atoms with van der Waals surface area (Å²) in [6, 6.07) is 6.99. The first-order valence-electron chi connectivity index (χ1n) is 13.1. The standard InChI is InChI=1S/C26H40N4O4.C3H4O/c1-30(2)12-5-6-18(9-13-31)25-20(11-15-34-19-10-14-33-17-19)22(26(28)29-25)16-23(27)21-7-3-4-8-24(21)32;1-2-3-4/h3-4,7-8,16,18-19,29,31-32H,5-6,9-15,17,27-28H2,1-2H3;2-3H,1H2/b23-16-;/t18-,19?;/m1./s1. The number of nitrogens with one attached hydrogen (secondary N) is 1. The molecule has 7 N–H and O–H groups in total. The lowest BCUT2D eigenvalue weighted by Crippen LogP contribution is -2.16. The number of aliphatic hydroxyl groups excluding tert-OH is 1. The Bertz CT molecular complexity index is 1020. The molecular formula is C29H44N4O5. The molecule has 1 aromatic carbocycles. The van der Waals surface area contributed by atoms with Crippen LogP contribution in [-0.4, -0.2) is 79.6 Å². The molecule has 0 aliphatic carbocycles. The Morgan fingerprint density at radius 1 is 1.34 bits per heavy atom. The number of phenols is 1. The largest absolute Gasteiger partial charge is 0.507 e. The van der Waals surface area contributed by atoms with Crippen molar-refractivity contribution in [3.8, 4) is 5.75 Å². The van der Waals surface area contributed by atoms with Crippen molar-refractivity contribution in [2.75, 3.05) is 52.8 Å². The predicted molar refractivity (Wildman–Crippen MR) is 153 cm³/mol. The molecule has 1 unspecified atom stereocenters. The maximum Gasteiger partial charge on any atom is 0.142 e. The second-order valence-electron chi connectivity index (χ2n) is 9.59. The van der Waals surface area contributed by atoms with Crippen LogP contribution in [0.1, 0.15) is 54.0 Å². The van der Waals surface area contributed by atoms with Crippen molar-refractivity contribution < 1.29 is 24.5 Å². The van der Waals surface area contributed by atoms with Gasteiger partial charge in [0.05, 0.1) is 19.3 Å². The Morgan fingerprint density at radius 2 is 2.08 bits per heavy atom. The van der Waals surface area contributed by atoms with Gasteiger partial charge < -0.3 is 41.0 Å². The number of phenolic OH excluding ortho intramolecular Hbond substituents is 1. The number of carbonyl (C=O) groups excluding carboxylic acids is 1. The highest BCUT2D eigenvalue weighted by Crippen LogP contribution is 2.35. The van der Waals surface area contributed by atoms with Gasteiger partial charge in [-0.1, -0.05) is 18.7 Å². The summed E-state index contributed by atoms with van der Waals surface area (Å²) in [7, 11) is 4.13. The van der Waals surface area contributed by atoms with E-state index in [0.29, 0.717) is 49.4 Å². The number of ether oxygens (including phenoxy) is 2. The average molecular weight is 529 g/mol. The number of aromatic amines is 1. The number of benzene rings is 1. The van der Waals surface area contributed by atoms with E-state index in [0.717, 1.165) is 49.2 Å². The molecule has 1 fully saturated rings. The molecule has 210 valence electrons. The number of anilines is 1. The summed E-state index contributed by atoms with van der Waals surface area (Å²) in [6.45, 7) is 6.10. The zero-order chi connectivity index (χ0) is 27.9. The van der Waals surface area contributed by atoms with E-state index in [1.54, 1.807) is 18.2 Å². The number of nitrogen functional groups attached to an aromatic ring is 1. The Balaban J connectivity index is 0.00000118. The minimum absolute atomic E-state index is 0.103. The molecule has 2 heterocycles. The van der Waals surface area contributed by atoms with Crippen LogP contribution in [0.4, 0.5) is 5.82 Å². The quantitative estimate of drug-likeness (QED) is 0.185. The fourth-order valence-electron chi connectivity index (χ4n) is 4.54. The number of hydrogen-bond acceptors (Lipinski definition) is 8. The summed E-state index contributed by atoms with van der Waals surface area (Å²) in [5, 5.41) is 20.0. The number of aldehydes is 1. The Labute approximate surface area is 226 Å². The van der Waals surface area contributed by atoms with Gasteiger partial charge in [-0.3, -0.25) is 4.79 Å². The molecule has 2 atom stereocenters. The van der Waals surface area contributed by atoms with Crippen LogP contribution in [0.5, 0.6) is 5.75 Å². The maximum atomic E-state index is 10.2. The number of aromatic nitrogens is 1. The first-order valence-corrected chi connectivity index (χ1v) is 13.1. The Hall–Kier alpha value is -3.11. The van der Waals surface area contributed by atoms with Gasteiger partial charge in [0.1, 0.15) is 17.9 Å². The molecule has 0 spiro atoms. The summed E-state index contributed by atoms with van der Waals surface area (Å²) in [5.41, 5.74) is 16.8. The normalized spacial score (nSPS) is 16.2. The fraction of sp³-hybridized carbons (Fsp3) is 0.483. The third-order valence-electron chi connectivity index (χ3n) is 6.46. The lowest BCUT2D eigenvalue weighted by Gasteiger charge is -2.19. The highest BCUT2D eigenvalue weighted by molar-refractivity contribution is 5.86. The summed E-state index contributed by atoms with van der Waals surface area (Å²) >= 11 is 0. The summed E-state index contributed by atoms with van der Waals surface area (Å²) in [4.78, 5) is 14.6. The van der Waals surface area contributed by atoms with Crippen LogP contribution >= 0.6 is 0 Å². The summed E-state index contributed by atoms with van der Waals surface area (Å²) < 4.78 is 11.5. The fourth-order valence-corrected chi connectivity index (χ4v) is 4.54. The first kappa shape index (κ1) is 31.1. The summed E-state index contributed by atoms with van der Waals surface area (Å²) in [5.74, 6) is 0.798. The minimum atomic E-state index is 0.103. The Kier molecular flexibility index (Phi) is 13.7. The molecule has 1 aliphatic rings. The molecule has 1 aliphatic heterocycles. The van der Waals surface area contributed by atoms with Gasteiger partial charge in [0.2, 0.25) is 0 Å². The zero-order valence-electron chi connectivity index (χ0n) is 22.7. The van der Waals surface area contributed by atoms with Crippen LogP contribution in [0.3, 0.4) is 0 Å². The van der Waals surface area contributed by atoms with Crippen molar-refractivity contribution in [3.63, 3.8) is 0 Å². The lowest BCUT2D eigenvalue weighted by molar-refractivity contribution is -0.104. The number of nitrogens with two attached hydrogens (primary N) is 2. The molecule has 9 nitrogen and oxygen atoms in total. The van der Waals surface area contributed by atoms with Gasteiger partial charge in [0.15, 0.2) is 0 Å². The van der Waals surface area contributed by atoms with E-state index in [9.17, 15) is 10.2 Å². The van der Waals surface area contributed by atoms with Crippen molar-refractivity contribution >= 4 is 23.9 Å². The van der Waals surface area contributed by atoms with Crippen LogP contribution in [0, 0.1) is 0 Å². The SMILES string of the molecule is C=CC=O.CN(C)CCC[C@H](CCO)c1[nH]c(N)c(/C=C(\N)c2ccccc2O)c1CCOC1CCOC1. The van der Waals surface area contributed by atoms with Crippen molar-refractivity contribution in [3.05, 3.63) is 59.3 Å². The number of rotatable bonds is 14. The van der Waals surface area contributed by atoms with Crippen LogP contribution in [-0.2, 0) is 20.7 Å².